The number of ether oxygens (including phenoxy) is 2. The highest BCUT2D eigenvalue weighted by Crippen LogP contribution is 2.50. The molecule has 248 valence electrons. The first-order chi connectivity index (χ1) is 21.6. The monoisotopic (exact) mass is 638 g/mol. The van der Waals surface area contributed by atoms with Crippen LogP contribution in [0.2, 0.25) is 0 Å². The second-order valence-corrected chi connectivity index (χ2v) is 13.4. The van der Waals surface area contributed by atoms with E-state index in [1.165, 1.54) is 23.6 Å². The van der Waals surface area contributed by atoms with Crippen molar-refractivity contribution < 1.29 is 49.7 Å². The molecule has 10 atom stereocenters. The fourth-order valence-corrected chi connectivity index (χ4v) is 6.81. The van der Waals surface area contributed by atoms with Gasteiger partial charge in [-0.25, -0.2) is 0 Å². The van der Waals surface area contributed by atoms with Crippen LogP contribution in [0.5, 0.6) is 0 Å². The van der Waals surface area contributed by atoms with Crippen LogP contribution in [0.4, 0.5) is 11.4 Å². The summed E-state index contributed by atoms with van der Waals surface area (Å²) in [5.41, 5.74) is 3.38. The van der Waals surface area contributed by atoms with E-state index >= 15 is 0 Å². The van der Waals surface area contributed by atoms with Gasteiger partial charge < -0.3 is 40.1 Å². The third-order valence-electron chi connectivity index (χ3n) is 9.71. The number of hydrogen-bond donors (Lipinski definition) is 6. The van der Waals surface area contributed by atoms with Crippen LogP contribution in [-0.4, -0.2) is 104 Å². The van der Waals surface area contributed by atoms with Gasteiger partial charge in [-0.2, -0.15) is 0 Å². The Morgan fingerprint density at radius 1 is 0.565 bits per heavy atom. The van der Waals surface area contributed by atoms with Crippen LogP contribution < -0.4 is 9.80 Å². The summed E-state index contributed by atoms with van der Waals surface area (Å²) in [6.45, 7) is 11.0. The number of aliphatic hydroxyl groups excluding tert-OH is 6. The van der Waals surface area contributed by atoms with E-state index in [0.29, 0.717) is 22.5 Å². The summed E-state index contributed by atoms with van der Waals surface area (Å²) in [5, 5.41) is 64.0. The molecule has 2 aromatic rings. The van der Waals surface area contributed by atoms with E-state index in [2.05, 4.69) is 0 Å². The van der Waals surface area contributed by atoms with Gasteiger partial charge in [0.2, 0.25) is 0 Å². The van der Waals surface area contributed by atoms with Gasteiger partial charge in [0, 0.05) is 11.1 Å². The summed E-state index contributed by atoms with van der Waals surface area (Å²) in [7, 11) is 0. The van der Waals surface area contributed by atoms with Gasteiger partial charge in [0.05, 0.1) is 34.7 Å². The average molecular weight is 639 g/mol. The zero-order valence-electron chi connectivity index (χ0n) is 26.6. The minimum atomic E-state index is -1.66. The molecule has 6 N–H and O–H groups in total. The van der Waals surface area contributed by atoms with E-state index in [1.54, 1.807) is 12.1 Å². The van der Waals surface area contributed by atoms with Gasteiger partial charge in [-0.3, -0.25) is 19.4 Å². The van der Waals surface area contributed by atoms with Crippen LogP contribution in [0, 0.1) is 0 Å². The SMILES string of the molecule is CC(C)c1ccc2c(c1)/C(=C1\C(=O)N([C@H]3O[C@@H](C)[C@H](O)[C@@H](O)[C@H]3O)c3ccc(C(C)C)cc31)C(=O)N2[C@H]1O[C@@H](C)[C@H](O)[C@@H](O)[C@H]1O. The number of carbonyl (C=O) groups is 2. The van der Waals surface area contributed by atoms with Crippen molar-refractivity contribution in [2.75, 3.05) is 9.80 Å². The molecular formula is C34H42N2O10. The highest BCUT2D eigenvalue weighted by molar-refractivity contribution is 6.50. The van der Waals surface area contributed by atoms with E-state index in [4.69, 9.17) is 9.47 Å². The van der Waals surface area contributed by atoms with Gasteiger partial charge in [-0.05, 0) is 61.1 Å². The molecule has 4 aliphatic heterocycles. The lowest BCUT2D eigenvalue weighted by Crippen LogP contribution is -2.62. The number of amides is 2. The lowest BCUT2D eigenvalue weighted by Gasteiger charge is -2.43. The zero-order valence-corrected chi connectivity index (χ0v) is 26.6. The molecule has 4 heterocycles. The Labute approximate surface area is 267 Å². The maximum Gasteiger partial charge on any atom is 0.262 e. The normalized spacial score (nSPS) is 36.2. The highest BCUT2D eigenvalue weighted by Gasteiger charge is 2.53. The number of anilines is 2. The van der Waals surface area contributed by atoms with Gasteiger partial charge in [-0.15, -0.1) is 0 Å². The topological polar surface area (TPSA) is 180 Å². The Balaban J connectivity index is 1.58. The molecule has 4 aliphatic rings. The largest absolute Gasteiger partial charge is 0.388 e. The van der Waals surface area contributed by atoms with Crippen molar-refractivity contribution in [1.29, 1.82) is 0 Å². The molecule has 0 aliphatic carbocycles. The Kier molecular flexibility index (Phi) is 8.39. The summed E-state index contributed by atoms with van der Waals surface area (Å²) >= 11 is 0. The number of fused-ring (bicyclic) bond motifs is 2. The van der Waals surface area contributed by atoms with Crippen LogP contribution >= 0.6 is 0 Å². The summed E-state index contributed by atoms with van der Waals surface area (Å²) in [6, 6.07) is 10.7. The van der Waals surface area contributed by atoms with Crippen molar-refractivity contribution in [3.63, 3.8) is 0 Å². The first-order valence-corrected chi connectivity index (χ1v) is 15.7. The maximum atomic E-state index is 14.6. The lowest BCUT2D eigenvalue weighted by atomic mass is 9.91. The first kappa shape index (κ1) is 32.7. The van der Waals surface area contributed by atoms with Crippen LogP contribution in [0.3, 0.4) is 0 Å². The van der Waals surface area contributed by atoms with Crippen molar-refractivity contribution in [1.82, 2.24) is 0 Å². The highest BCUT2D eigenvalue weighted by atomic mass is 16.6. The maximum absolute atomic E-state index is 14.6. The van der Waals surface area contributed by atoms with E-state index < -0.39 is 73.1 Å². The summed E-state index contributed by atoms with van der Waals surface area (Å²) in [5.74, 6) is -1.19. The van der Waals surface area contributed by atoms with Crippen LogP contribution in [0.25, 0.3) is 11.1 Å². The number of carbonyl (C=O) groups excluding carboxylic acids is 2. The fraction of sp³-hybridized carbons (Fsp3) is 0.529. The average Bonchev–Trinajstić information content (AvgIpc) is 3.46. The van der Waals surface area contributed by atoms with Crippen molar-refractivity contribution in [3.8, 4) is 0 Å². The number of nitrogens with zero attached hydrogens (tertiary/aromatic N) is 2. The lowest BCUT2D eigenvalue weighted by molar-refractivity contribution is -0.216. The zero-order chi connectivity index (χ0) is 33.5. The first-order valence-electron chi connectivity index (χ1n) is 15.7. The molecule has 0 radical (unpaired) electrons. The van der Waals surface area contributed by atoms with E-state index in [-0.39, 0.29) is 23.0 Å². The quantitative estimate of drug-likeness (QED) is 0.267. The van der Waals surface area contributed by atoms with Gasteiger partial charge in [0.25, 0.3) is 11.8 Å². The predicted octanol–water partition coefficient (Wildman–Crippen LogP) is 1.19. The van der Waals surface area contributed by atoms with Crippen LogP contribution in [-0.2, 0) is 19.1 Å². The van der Waals surface area contributed by atoms with Crippen LogP contribution in [0.1, 0.15) is 75.6 Å². The summed E-state index contributed by atoms with van der Waals surface area (Å²) in [6.07, 6.45) is -13.9. The molecule has 46 heavy (non-hydrogen) atoms. The molecule has 0 bridgehead atoms. The van der Waals surface area contributed by atoms with Gasteiger partial charge in [-0.1, -0.05) is 39.8 Å². The number of aliphatic hydroxyl groups is 6. The minimum Gasteiger partial charge on any atom is -0.388 e. The predicted molar refractivity (Wildman–Crippen MR) is 168 cm³/mol. The number of hydrogen-bond acceptors (Lipinski definition) is 10. The Morgan fingerprint density at radius 2 is 0.913 bits per heavy atom. The summed E-state index contributed by atoms with van der Waals surface area (Å²) in [4.78, 5) is 31.7. The molecule has 6 rings (SSSR count). The molecule has 2 fully saturated rings. The molecule has 2 amide bonds. The van der Waals surface area contributed by atoms with Crippen molar-refractivity contribution >= 4 is 34.3 Å². The van der Waals surface area contributed by atoms with Crippen molar-refractivity contribution in [3.05, 3.63) is 58.7 Å². The van der Waals surface area contributed by atoms with Gasteiger partial charge >= 0.3 is 0 Å². The van der Waals surface area contributed by atoms with E-state index in [9.17, 15) is 40.2 Å². The minimum absolute atomic E-state index is 0.0372. The Hall–Kier alpha value is -3.20. The van der Waals surface area contributed by atoms with Gasteiger partial charge in [0.1, 0.15) is 36.6 Å². The number of rotatable bonds is 4. The Morgan fingerprint density at radius 3 is 1.24 bits per heavy atom. The molecule has 0 saturated carbocycles. The second-order valence-electron chi connectivity index (χ2n) is 13.4. The molecule has 2 saturated heterocycles. The van der Waals surface area contributed by atoms with Crippen molar-refractivity contribution in [2.45, 2.75) is 115 Å². The van der Waals surface area contributed by atoms with Crippen LogP contribution in [0.15, 0.2) is 36.4 Å². The third kappa shape index (κ3) is 4.90. The molecule has 0 unspecified atom stereocenters. The second kappa shape index (κ2) is 11.8. The molecule has 0 spiro atoms. The number of benzene rings is 2. The summed E-state index contributed by atoms with van der Waals surface area (Å²) < 4.78 is 11.8. The Bertz CT molecular complexity index is 1470. The fourth-order valence-electron chi connectivity index (χ4n) is 6.81. The van der Waals surface area contributed by atoms with Crippen molar-refractivity contribution in [2.24, 2.45) is 0 Å². The molecule has 12 nitrogen and oxygen atoms in total. The third-order valence-corrected chi connectivity index (χ3v) is 9.71. The molecular weight excluding hydrogens is 596 g/mol. The van der Waals surface area contributed by atoms with E-state index in [0.717, 1.165) is 11.1 Å². The molecule has 2 aromatic carbocycles. The smallest absolute Gasteiger partial charge is 0.262 e. The molecule has 0 aromatic heterocycles. The van der Waals surface area contributed by atoms with Gasteiger partial charge in [0.15, 0.2) is 12.5 Å². The molecule has 12 heteroatoms. The van der Waals surface area contributed by atoms with E-state index in [1.807, 2.05) is 52.0 Å². The standard InChI is InChI=1S/C34H42N2O10/c1-13(2)17-7-9-21-19(11-17)23(31(43)35(21)33-29(41)27(39)25(37)15(5)45-33)24-20-12-18(14(3)4)8-10-22(20)36(32(24)44)34-30(42)28(40)26(38)16(6)46-34/h7-16,25-30,33-34,37-42H,1-6H3/b24-23+/t15-,16-,25-,26-,27+,28+,29+,30+,33-,34-/m0/s1.